The van der Waals surface area contributed by atoms with E-state index in [0.717, 1.165) is 19.3 Å². The summed E-state index contributed by atoms with van der Waals surface area (Å²) in [6.07, 6.45) is 5.90. The number of aromatic nitrogens is 2. The Balaban J connectivity index is 1.24. The van der Waals surface area contributed by atoms with Crippen molar-refractivity contribution < 1.29 is 14.3 Å². The molecule has 4 aliphatic rings. The number of aromatic amines is 1. The Morgan fingerprint density at radius 1 is 1.10 bits per heavy atom. The Morgan fingerprint density at radius 3 is 2.35 bits per heavy atom. The van der Waals surface area contributed by atoms with E-state index in [1.165, 1.54) is 19.3 Å². The maximum Gasteiger partial charge on any atom is 0.329 e. The van der Waals surface area contributed by atoms with E-state index in [1.54, 1.807) is 38.1 Å². The summed E-state index contributed by atoms with van der Waals surface area (Å²) in [5, 5.41) is 3.42. The average molecular weight is 424 g/mol. The topological polar surface area (TPSA) is 101 Å². The summed E-state index contributed by atoms with van der Waals surface area (Å²) >= 11 is 0. The molecule has 2 atom stereocenters. The molecule has 4 aliphatic carbocycles. The van der Waals surface area contributed by atoms with Gasteiger partial charge in [-0.05, 0) is 82.3 Å². The first-order valence-corrected chi connectivity index (χ1v) is 11.3. The highest BCUT2D eigenvalue weighted by Gasteiger charge is 2.54. The van der Waals surface area contributed by atoms with Gasteiger partial charge in [-0.1, -0.05) is 12.1 Å². The Morgan fingerprint density at radius 2 is 1.71 bits per heavy atom. The molecule has 0 spiro atoms. The van der Waals surface area contributed by atoms with Crippen LogP contribution in [0.5, 0.6) is 0 Å². The number of amides is 1. The lowest BCUT2D eigenvalue weighted by Crippen LogP contribution is -2.55. The average Bonchev–Trinajstić information content (AvgIpc) is 2.72. The molecule has 2 N–H and O–H groups in total. The van der Waals surface area contributed by atoms with Crippen molar-refractivity contribution in [1.82, 2.24) is 15.3 Å². The molecule has 4 bridgehead atoms. The maximum absolute atomic E-state index is 13.2. The predicted octanol–water partition coefficient (Wildman–Crippen LogP) is 3.25. The fraction of sp³-hybridized carbons (Fsp3) is 0.583. The third kappa shape index (κ3) is 3.64. The molecule has 0 radical (unpaired) electrons. The smallest absolute Gasteiger partial charge is 0.329 e. The number of carbonyl (C=O) groups is 2. The van der Waals surface area contributed by atoms with Crippen LogP contribution in [-0.4, -0.2) is 27.9 Å². The molecule has 4 fully saturated rings. The molecule has 31 heavy (non-hydrogen) atoms. The van der Waals surface area contributed by atoms with Crippen LogP contribution >= 0.6 is 0 Å². The molecule has 1 aromatic heterocycles. The first-order valence-electron chi connectivity index (χ1n) is 11.3. The molecule has 7 heteroatoms. The molecular weight excluding hydrogens is 394 g/mol. The summed E-state index contributed by atoms with van der Waals surface area (Å²) in [5.74, 6) is 1.75. The van der Waals surface area contributed by atoms with Crippen LogP contribution in [0.3, 0.4) is 0 Å². The van der Waals surface area contributed by atoms with Crippen molar-refractivity contribution in [3.8, 4) is 0 Å². The number of nitrogens with one attached hydrogen (secondary N) is 2. The van der Waals surface area contributed by atoms with Crippen LogP contribution < -0.4 is 10.9 Å². The molecule has 4 saturated carbocycles. The molecule has 7 nitrogen and oxygen atoms in total. The first-order chi connectivity index (χ1) is 14.8. The molecule has 6 rings (SSSR count). The lowest BCUT2D eigenvalue weighted by Gasteiger charge is -2.55. The summed E-state index contributed by atoms with van der Waals surface area (Å²) in [6, 6.07) is 6.27. The van der Waals surface area contributed by atoms with E-state index >= 15 is 0 Å². The van der Waals surface area contributed by atoms with E-state index in [4.69, 9.17) is 4.74 Å². The Kier molecular flexibility index (Phi) is 4.87. The summed E-state index contributed by atoms with van der Waals surface area (Å²) in [7, 11) is 0. The third-order valence-corrected chi connectivity index (χ3v) is 7.53. The zero-order chi connectivity index (χ0) is 21.8. The van der Waals surface area contributed by atoms with Gasteiger partial charge >= 0.3 is 5.97 Å². The number of nitrogens with zero attached hydrogens (tertiary/aromatic N) is 1. The highest BCUT2D eigenvalue weighted by molar-refractivity contribution is 5.88. The van der Waals surface area contributed by atoms with Crippen molar-refractivity contribution in [2.24, 2.45) is 23.2 Å². The van der Waals surface area contributed by atoms with Crippen LogP contribution in [0.1, 0.15) is 64.3 Å². The van der Waals surface area contributed by atoms with Crippen molar-refractivity contribution in [2.45, 2.75) is 64.5 Å². The molecule has 0 aliphatic heterocycles. The minimum atomic E-state index is -0.755. The van der Waals surface area contributed by atoms with Crippen LogP contribution in [0.15, 0.2) is 29.1 Å². The van der Waals surface area contributed by atoms with Crippen molar-refractivity contribution in [2.75, 3.05) is 0 Å². The van der Waals surface area contributed by atoms with Gasteiger partial charge in [-0.25, -0.2) is 9.78 Å². The molecule has 1 amide bonds. The number of fused-ring (bicyclic) bond motifs is 1. The summed E-state index contributed by atoms with van der Waals surface area (Å²) in [6.45, 7) is 3.32. The van der Waals surface area contributed by atoms with Gasteiger partial charge in [-0.3, -0.25) is 9.59 Å². The van der Waals surface area contributed by atoms with Gasteiger partial charge in [0.1, 0.15) is 6.04 Å². The highest BCUT2D eigenvalue weighted by atomic mass is 16.5. The van der Waals surface area contributed by atoms with Crippen LogP contribution in [0.2, 0.25) is 0 Å². The monoisotopic (exact) mass is 423 g/mol. The van der Waals surface area contributed by atoms with Crippen LogP contribution in [-0.2, 0) is 14.3 Å². The highest BCUT2D eigenvalue weighted by Crippen LogP contribution is 2.60. The van der Waals surface area contributed by atoms with Gasteiger partial charge in [-0.15, -0.1) is 0 Å². The lowest BCUT2D eigenvalue weighted by atomic mass is 9.49. The van der Waals surface area contributed by atoms with Gasteiger partial charge < -0.3 is 15.0 Å². The Hall–Kier alpha value is -2.70. The van der Waals surface area contributed by atoms with Crippen LogP contribution in [0.4, 0.5) is 0 Å². The van der Waals surface area contributed by atoms with Gasteiger partial charge in [0.25, 0.3) is 5.56 Å². The van der Waals surface area contributed by atoms with E-state index in [9.17, 15) is 14.4 Å². The SMILES string of the molecule is C[C@H](NC(=O)C12CC3CC(CC(C3)C1)C2)C(=O)O[C@H](C)c1nc2ccccc2c(=O)[nH]1. The number of benzene rings is 1. The number of hydrogen-bond donors (Lipinski definition) is 2. The lowest BCUT2D eigenvalue weighted by molar-refractivity contribution is -0.156. The second kappa shape index (κ2) is 7.46. The van der Waals surface area contributed by atoms with E-state index < -0.39 is 18.1 Å². The van der Waals surface area contributed by atoms with Crippen molar-refractivity contribution >= 4 is 22.8 Å². The molecule has 0 unspecified atom stereocenters. The second-order valence-corrected chi connectivity index (χ2v) is 9.94. The second-order valence-electron chi connectivity index (χ2n) is 9.94. The van der Waals surface area contributed by atoms with Gasteiger partial charge in [-0.2, -0.15) is 0 Å². The predicted molar refractivity (Wildman–Crippen MR) is 115 cm³/mol. The fourth-order valence-corrected chi connectivity index (χ4v) is 6.43. The number of H-pyrrole nitrogens is 1. The van der Waals surface area contributed by atoms with Crippen molar-refractivity contribution in [3.63, 3.8) is 0 Å². The number of para-hydroxylation sites is 1. The summed E-state index contributed by atoms with van der Waals surface area (Å²) in [4.78, 5) is 45.3. The maximum atomic E-state index is 13.2. The normalized spacial score (nSPS) is 30.7. The summed E-state index contributed by atoms with van der Waals surface area (Å²) in [5.41, 5.74) is -0.0287. The molecular formula is C24H29N3O4. The first kappa shape index (κ1) is 20.2. The zero-order valence-corrected chi connectivity index (χ0v) is 18.0. The summed E-state index contributed by atoms with van der Waals surface area (Å²) < 4.78 is 5.54. The van der Waals surface area contributed by atoms with Gasteiger partial charge in [0.2, 0.25) is 5.91 Å². The zero-order valence-electron chi connectivity index (χ0n) is 18.0. The van der Waals surface area contributed by atoms with Crippen LogP contribution in [0.25, 0.3) is 10.9 Å². The number of esters is 1. The number of hydrogen-bond acceptors (Lipinski definition) is 5. The number of rotatable bonds is 5. The van der Waals surface area contributed by atoms with E-state index in [0.29, 0.717) is 28.7 Å². The van der Waals surface area contributed by atoms with E-state index in [2.05, 4.69) is 15.3 Å². The standard InChI is InChI=1S/C24H29N3O4/c1-13(25-23(30)24-10-15-7-16(11-24)9-17(8-15)12-24)22(29)31-14(2)20-26-19-6-4-3-5-18(19)21(28)27-20/h3-6,13-17H,7-12H2,1-2H3,(H,25,30)(H,26,27,28)/t13-,14+,15?,16?,17?,24?/m0/s1. The largest absolute Gasteiger partial charge is 0.453 e. The molecule has 2 aromatic rings. The Labute approximate surface area is 181 Å². The minimum Gasteiger partial charge on any atom is -0.453 e. The van der Waals surface area contributed by atoms with E-state index in [1.807, 2.05) is 0 Å². The quantitative estimate of drug-likeness (QED) is 0.719. The van der Waals surface area contributed by atoms with Gasteiger partial charge in [0.15, 0.2) is 11.9 Å². The Bertz CT molecular complexity index is 1060. The third-order valence-electron chi connectivity index (χ3n) is 7.53. The fourth-order valence-electron chi connectivity index (χ4n) is 6.43. The van der Waals surface area contributed by atoms with E-state index in [-0.39, 0.29) is 22.7 Å². The number of ether oxygens (including phenoxy) is 1. The van der Waals surface area contributed by atoms with Crippen LogP contribution in [0, 0.1) is 23.2 Å². The van der Waals surface area contributed by atoms with Crippen molar-refractivity contribution in [1.29, 1.82) is 0 Å². The van der Waals surface area contributed by atoms with Gasteiger partial charge in [0, 0.05) is 5.41 Å². The van der Waals surface area contributed by atoms with Gasteiger partial charge in [0.05, 0.1) is 10.9 Å². The molecule has 1 aromatic carbocycles. The number of carbonyl (C=O) groups excluding carboxylic acids is 2. The molecule has 1 heterocycles. The van der Waals surface area contributed by atoms with Crippen molar-refractivity contribution in [3.05, 3.63) is 40.4 Å². The molecule has 0 saturated heterocycles. The minimum absolute atomic E-state index is 0.000871. The molecule has 164 valence electrons.